The first kappa shape index (κ1) is 13.4. The zero-order chi connectivity index (χ0) is 7.70. The van der Waals surface area contributed by atoms with Crippen molar-refractivity contribution in [1.29, 1.82) is 0 Å². The van der Waals surface area contributed by atoms with Gasteiger partial charge < -0.3 is 0 Å². The third-order valence-corrected chi connectivity index (χ3v) is 7.79. The summed E-state index contributed by atoms with van der Waals surface area (Å²) >= 11 is 0.0972. The van der Waals surface area contributed by atoms with Crippen molar-refractivity contribution in [3.05, 3.63) is 0 Å². The van der Waals surface area contributed by atoms with Gasteiger partial charge in [0.2, 0.25) is 0 Å². The first-order valence-electron chi connectivity index (χ1n) is 3.45. The minimum atomic E-state index is -0.403. The zero-order valence-corrected chi connectivity index (χ0v) is 15.1. The number of rotatable bonds is 3. The van der Waals surface area contributed by atoms with Crippen LogP contribution < -0.4 is 0 Å². The number of hydrogen-bond acceptors (Lipinski definition) is 0. The van der Waals surface area contributed by atoms with Crippen molar-refractivity contribution in [3.8, 4) is 0 Å². The molecule has 52 valence electrons. The first-order valence-corrected chi connectivity index (χ1v) is 14.7. The van der Waals surface area contributed by atoms with Gasteiger partial charge in [-0.1, -0.05) is 0 Å². The maximum absolute atomic E-state index is 4.83. The summed E-state index contributed by atoms with van der Waals surface area (Å²) in [5.41, 5.74) is 0. The molecule has 0 aliphatic rings. The fourth-order valence-electron chi connectivity index (χ4n) is 0.750. The minimum absolute atomic E-state index is 0.403. The van der Waals surface area contributed by atoms with Gasteiger partial charge in [-0.2, -0.15) is 0 Å². The molecule has 9 heavy (non-hydrogen) atoms. The summed E-state index contributed by atoms with van der Waals surface area (Å²) in [5, 5.41) is 4.56. The van der Waals surface area contributed by atoms with Crippen LogP contribution in [0.2, 0.25) is 15.8 Å². The molecule has 0 N–H and O–H groups in total. The molecule has 0 amide bonds. The molecule has 0 aliphatic heterocycles. The molecule has 0 saturated heterocycles. The molecule has 0 heterocycles. The van der Waals surface area contributed by atoms with E-state index in [0.717, 1.165) is 0 Å². The van der Waals surface area contributed by atoms with E-state index in [1.54, 1.807) is 0 Å². The Morgan fingerprint density at radius 3 is 1.22 bits per heavy atom. The molecule has 0 atom stereocenters. The van der Waals surface area contributed by atoms with E-state index >= 15 is 0 Å². The van der Waals surface area contributed by atoms with E-state index in [4.69, 9.17) is 8.25 Å². The van der Waals surface area contributed by atoms with E-state index in [0.29, 0.717) is 24.9 Å². The summed E-state index contributed by atoms with van der Waals surface area (Å²) in [6.45, 7) is 7.01. The van der Waals surface area contributed by atoms with Crippen LogP contribution in [0, 0.1) is 0 Å². The van der Waals surface area contributed by atoms with Crippen LogP contribution in [-0.2, 0) is 24.9 Å². The van der Waals surface area contributed by atoms with E-state index in [9.17, 15) is 0 Å². The molecule has 1 radical (unpaired) electrons. The molecule has 0 saturated carbocycles. The molecular formula is C6H15ClGeHg. The van der Waals surface area contributed by atoms with Gasteiger partial charge in [0.1, 0.15) is 0 Å². The molecule has 0 aromatic rings. The van der Waals surface area contributed by atoms with Crippen molar-refractivity contribution in [2.45, 2.75) is 36.5 Å². The SMILES string of the molecule is C[CH2][Ge]([CH2]C)[CH2]C.[Cl][Hg]. The Morgan fingerprint density at radius 2 is 1.22 bits per heavy atom. The van der Waals surface area contributed by atoms with E-state index in [-0.39, 0.29) is 0 Å². The third kappa shape index (κ3) is 9.77. The molecule has 0 bridgehead atoms. The molecule has 0 rings (SSSR count). The van der Waals surface area contributed by atoms with Crippen LogP contribution >= 0.6 is 8.25 Å². The van der Waals surface area contributed by atoms with Crippen LogP contribution in [0.5, 0.6) is 0 Å². The Bertz CT molecular complexity index is 34.5. The van der Waals surface area contributed by atoms with Gasteiger partial charge >= 0.3 is 84.0 Å². The van der Waals surface area contributed by atoms with Crippen LogP contribution in [0.25, 0.3) is 0 Å². The van der Waals surface area contributed by atoms with Crippen LogP contribution in [0.3, 0.4) is 0 Å². The Morgan fingerprint density at radius 1 is 1.00 bits per heavy atom. The Hall–Kier alpha value is 1.77. The molecule has 0 aromatic carbocycles. The zero-order valence-electron chi connectivity index (χ0n) is 6.71. The molecule has 0 spiro atoms. The van der Waals surface area contributed by atoms with Gasteiger partial charge in [-0.25, -0.2) is 0 Å². The normalized spacial score (nSPS) is 8.78. The summed E-state index contributed by atoms with van der Waals surface area (Å²) in [6, 6.07) is 0. The van der Waals surface area contributed by atoms with E-state index < -0.39 is 14.3 Å². The van der Waals surface area contributed by atoms with Crippen molar-refractivity contribution in [1.82, 2.24) is 0 Å². The molecule has 0 unspecified atom stereocenters. The van der Waals surface area contributed by atoms with Crippen molar-refractivity contribution in [2.24, 2.45) is 0 Å². The fraction of sp³-hybridized carbons (Fsp3) is 1.00. The average Bonchev–Trinajstić information content (AvgIpc) is 1.96. The topological polar surface area (TPSA) is 0 Å². The molecule has 3 heteroatoms. The molecule has 0 aliphatic carbocycles. The monoisotopic (exact) mass is 398 g/mol. The summed E-state index contributed by atoms with van der Waals surface area (Å²) in [6.07, 6.45) is 0. The van der Waals surface area contributed by atoms with Crippen LogP contribution in [0.15, 0.2) is 0 Å². The second-order valence-electron chi connectivity index (χ2n) is 1.81. The van der Waals surface area contributed by atoms with Crippen LogP contribution in [-0.4, -0.2) is 14.3 Å². The Labute approximate surface area is 83.3 Å². The second kappa shape index (κ2) is 12.4. The summed E-state index contributed by atoms with van der Waals surface area (Å²) in [5.74, 6) is 0. The summed E-state index contributed by atoms with van der Waals surface area (Å²) in [7, 11) is 4.83. The van der Waals surface area contributed by atoms with Crippen molar-refractivity contribution >= 4 is 22.6 Å². The van der Waals surface area contributed by atoms with E-state index in [1.807, 2.05) is 0 Å². The molecule has 0 fully saturated rings. The molecular weight excluding hydrogens is 381 g/mol. The van der Waals surface area contributed by atoms with E-state index in [2.05, 4.69) is 20.8 Å². The van der Waals surface area contributed by atoms with Crippen LogP contribution in [0.4, 0.5) is 0 Å². The predicted molar refractivity (Wildman–Crippen MR) is 43.1 cm³/mol. The predicted octanol–water partition coefficient (Wildman–Crippen LogP) is 3.23. The quantitative estimate of drug-likeness (QED) is 0.644. The summed E-state index contributed by atoms with van der Waals surface area (Å²) in [4.78, 5) is 0. The van der Waals surface area contributed by atoms with Crippen molar-refractivity contribution < 1.29 is 24.9 Å². The van der Waals surface area contributed by atoms with Gasteiger partial charge in [-0.15, -0.1) is 0 Å². The fourth-order valence-corrected chi connectivity index (χ4v) is 3.90. The van der Waals surface area contributed by atoms with Crippen LogP contribution in [0.1, 0.15) is 20.8 Å². The molecule has 0 nitrogen and oxygen atoms in total. The maximum atomic E-state index is 4.83. The van der Waals surface area contributed by atoms with Crippen molar-refractivity contribution in [2.75, 3.05) is 0 Å². The second-order valence-corrected chi connectivity index (χ2v) is 9.41. The average molecular weight is 396 g/mol. The number of halogens is 1. The first-order chi connectivity index (χ1) is 4.35. The van der Waals surface area contributed by atoms with Crippen molar-refractivity contribution in [3.63, 3.8) is 0 Å². The van der Waals surface area contributed by atoms with Gasteiger partial charge in [0.25, 0.3) is 0 Å². The molecule has 0 aromatic heterocycles. The van der Waals surface area contributed by atoms with E-state index in [1.165, 1.54) is 15.8 Å². The Kier molecular flexibility index (Phi) is 18.5. The Balaban J connectivity index is 0. The van der Waals surface area contributed by atoms with Gasteiger partial charge in [0, 0.05) is 0 Å². The van der Waals surface area contributed by atoms with Gasteiger partial charge in [-0.3, -0.25) is 0 Å². The van der Waals surface area contributed by atoms with Gasteiger partial charge in [0.05, 0.1) is 0 Å². The van der Waals surface area contributed by atoms with Gasteiger partial charge in [-0.05, 0) is 0 Å². The van der Waals surface area contributed by atoms with Gasteiger partial charge in [0.15, 0.2) is 0 Å². The number of hydrogen-bond donors (Lipinski definition) is 0. The summed E-state index contributed by atoms with van der Waals surface area (Å²) < 4.78 is 0. The standard InChI is InChI=1S/C6H15Ge.ClH.Hg/c1-4-7(5-2)6-3;;/h4-6H2,1-3H3;1H;/q;;+1/p-1. The third-order valence-electron chi connectivity index (χ3n) is 1.50.